The van der Waals surface area contributed by atoms with E-state index in [4.69, 9.17) is 0 Å². The second-order valence-electron chi connectivity index (χ2n) is 4.59. The molecule has 0 radical (unpaired) electrons. The predicted molar refractivity (Wildman–Crippen MR) is 74.4 cm³/mol. The molecule has 0 unspecified atom stereocenters. The van der Waals surface area contributed by atoms with Crippen LogP contribution in [0.25, 0.3) is 0 Å². The van der Waals surface area contributed by atoms with Gasteiger partial charge in [0.25, 0.3) is 0 Å². The number of aryl methyl sites for hydroxylation is 3. The van der Waals surface area contributed by atoms with Gasteiger partial charge >= 0.3 is 0 Å². The van der Waals surface area contributed by atoms with E-state index in [0.717, 1.165) is 6.54 Å². The summed E-state index contributed by atoms with van der Waals surface area (Å²) >= 11 is 0. The Morgan fingerprint density at radius 3 is 2.29 bits per heavy atom. The molecule has 0 aliphatic rings. The van der Waals surface area contributed by atoms with Crippen molar-refractivity contribution in [1.82, 2.24) is 0 Å². The minimum atomic E-state index is 0.881. The molecule has 0 aliphatic heterocycles. The van der Waals surface area contributed by atoms with Gasteiger partial charge in [-0.2, -0.15) is 0 Å². The van der Waals surface area contributed by atoms with Gasteiger partial charge in [0.1, 0.15) is 0 Å². The molecule has 0 spiro atoms. The van der Waals surface area contributed by atoms with E-state index < -0.39 is 0 Å². The van der Waals surface area contributed by atoms with Gasteiger partial charge in [0, 0.05) is 12.2 Å². The van der Waals surface area contributed by atoms with Crippen LogP contribution in [0.4, 0.5) is 5.69 Å². The van der Waals surface area contributed by atoms with Gasteiger partial charge in [0.05, 0.1) is 0 Å². The maximum Gasteiger partial charge on any atom is 0.0400 e. The van der Waals surface area contributed by atoms with E-state index in [1.165, 1.54) is 27.9 Å². The predicted octanol–water partition coefficient (Wildman–Crippen LogP) is 4.22. The molecule has 1 heteroatoms. The van der Waals surface area contributed by atoms with E-state index in [-0.39, 0.29) is 0 Å². The number of anilines is 1. The van der Waals surface area contributed by atoms with Crippen molar-refractivity contribution in [3.63, 3.8) is 0 Å². The van der Waals surface area contributed by atoms with Crippen LogP contribution in [0, 0.1) is 20.8 Å². The van der Waals surface area contributed by atoms with E-state index in [9.17, 15) is 0 Å². The highest BCUT2D eigenvalue weighted by atomic mass is 14.9. The highest BCUT2D eigenvalue weighted by Gasteiger charge is 1.98. The van der Waals surface area contributed by atoms with Gasteiger partial charge in [-0.05, 0) is 49.1 Å². The Kier molecular flexibility index (Phi) is 3.48. The van der Waals surface area contributed by atoms with Crippen LogP contribution in [0.1, 0.15) is 22.3 Å². The summed E-state index contributed by atoms with van der Waals surface area (Å²) in [6, 6.07) is 15.0. The number of rotatable bonds is 3. The van der Waals surface area contributed by atoms with Crippen LogP contribution in [-0.2, 0) is 6.54 Å². The first-order valence-electron chi connectivity index (χ1n) is 6.02. The van der Waals surface area contributed by atoms with Crippen LogP contribution in [0.5, 0.6) is 0 Å². The SMILES string of the molecule is Cc1ccc(CNc2ccccc2C)cc1C. The van der Waals surface area contributed by atoms with E-state index in [1.807, 2.05) is 0 Å². The van der Waals surface area contributed by atoms with Crippen LogP contribution in [0.2, 0.25) is 0 Å². The second kappa shape index (κ2) is 5.05. The standard InChI is InChI=1S/C16H19N/c1-12-8-9-15(10-14(12)3)11-17-16-7-5-4-6-13(16)2/h4-10,17H,11H2,1-3H3. The number of hydrogen-bond donors (Lipinski definition) is 1. The van der Waals surface area contributed by atoms with Gasteiger partial charge in [0.2, 0.25) is 0 Å². The lowest BCUT2D eigenvalue weighted by Gasteiger charge is -2.10. The van der Waals surface area contributed by atoms with Gasteiger partial charge in [-0.3, -0.25) is 0 Å². The Morgan fingerprint density at radius 2 is 1.59 bits per heavy atom. The lowest BCUT2D eigenvalue weighted by molar-refractivity contribution is 1.12. The van der Waals surface area contributed by atoms with Crippen LogP contribution in [-0.4, -0.2) is 0 Å². The van der Waals surface area contributed by atoms with E-state index in [0.29, 0.717) is 0 Å². The van der Waals surface area contributed by atoms with Crippen molar-refractivity contribution in [2.45, 2.75) is 27.3 Å². The number of nitrogens with one attached hydrogen (secondary N) is 1. The summed E-state index contributed by atoms with van der Waals surface area (Å²) in [7, 11) is 0. The summed E-state index contributed by atoms with van der Waals surface area (Å²) < 4.78 is 0. The molecule has 0 aliphatic carbocycles. The second-order valence-corrected chi connectivity index (χ2v) is 4.59. The zero-order valence-corrected chi connectivity index (χ0v) is 10.7. The molecule has 0 heterocycles. The largest absolute Gasteiger partial charge is 0.381 e. The summed E-state index contributed by atoms with van der Waals surface area (Å²) in [5.74, 6) is 0. The minimum Gasteiger partial charge on any atom is -0.381 e. The van der Waals surface area contributed by atoms with Gasteiger partial charge < -0.3 is 5.32 Å². The van der Waals surface area contributed by atoms with Crippen molar-refractivity contribution in [3.05, 3.63) is 64.7 Å². The third kappa shape index (κ3) is 2.88. The molecule has 1 N–H and O–H groups in total. The van der Waals surface area contributed by atoms with Crippen LogP contribution >= 0.6 is 0 Å². The fourth-order valence-electron chi connectivity index (χ4n) is 1.88. The molecule has 17 heavy (non-hydrogen) atoms. The highest BCUT2D eigenvalue weighted by Crippen LogP contribution is 2.16. The number of benzene rings is 2. The molecule has 2 aromatic carbocycles. The molecule has 0 atom stereocenters. The summed E-state index contributed by atoms with van der Waals surface area (Å²) in [5, 5.41) is 3.48. The van der Waals surface area contributed by atoms with Crippen molar-refractivity contribution in [3.8, 4) is 0 Å². The zero-order chi connectivity index (χ0) is 12.3. The molecule has 0 bridgehead atoms. The van der Waals surface area contributed by atoms with Crippen LogP contribution in [0.15, 0.2) is 42.5 Å². The molecule has 0 fully saturated rings. The molecular weight excluding hydrogens is 206 g/mol. The quantitative estimate of drug-likeness (QED) is 0.824. The van der Waals surface area contributed by atoms with Crippen molar-refractivity contribution >= 4 is 5.69 Å². The summed E-state index contributed by atoms with van der Waals surface area (Å²) in [4.78, 5) is 0. The zero-order valence-electron chi connectivity index (χ0n) is 10.7. The normalized spacial score (nSPS) is 10.3. The highest BCUT2D eigenvalue weighted by molar-refractivity contribution is 5.50. The topological polar surface area (TPSA) is 12.0 Å². The average Bonchev–Trinajstić information content (AvgIpc) is 2.32. The summed E-state index contributed by atoms with van der Waals surface area (Å²) in [6.07, 6.45) is 0. The molecule has 88 valence electrons. The van der Waals surface area contributed by atoms with Gasteiger partial charge in [-0.25, -0.2) is 0 Å². The Hall–Kier alpha value is -1.76. The monoisotopic (exact) mass is 225 g/mol. The Morgan fingerprint density at radius 1 is 0.824 bits per heavy atom. The number of para-hydroxylation sites is 1. The van der Waals surface area contributed by atoms with Crippen molar-refractivity contribution in [2.75, 3.05) is 5.32 Å². The molecule has 2 rings (SSSR count). The summed E-state index contributed by atoms with van der Waals surface area (Å²) in [6.45, 7) is 7.31. The average molecular weight is 225 g/mol. The molecular formula is C16H19N. The smallest absolute Gasteiger partial charge is 0.0400 e. The van der Waals surface area contributed by atoms with E-state index in [2.05, 4.69) is 68.6 Å². The third-order valence-corrected chi connectivity index (χ3v) is 3.20. The molecule has 1 nitrogen and oxygen atoms in total. The third-order valence-electron chi connectivity index (χ3n) is 3.20. The van der Waals surface area contributed by atoms with Gasteiger partial charge in [-0.1, -0.05) is 36.4 Å². The van der Waals surface area contributed by atoms with Gasteiger partial charge in [-0.15, -0.1) is 0 Å². The molecule has 0 saturated carbocycles. The Bertz CT molecular complexity index is 515. The fourth-order valence-corrected chi connectivity index (χ4v) is 1.88. The van der Waals surface area contributed by atoms with Crippen molar-refractivity contribution in [1.29, 1.82) is 0 Å². The van der Waals surface area contributed by atoms with E-state index in [1.54, 1.807) is 0 Å². The first-order valence-corrected chi connectivity index (χ1v) is 6.02. The van der Waals surface area contributed by atoms with Gasteiger partial charge in [0.15, 0.2) is 0 Å². The van der Waals surface area contributed by atoms with E-state index >= 15 is 0 Å². The molecule has 2 aromatic rings. The summed E-state index contributed by atoms with van der Waals surface area (Å²) in [5.41, 5.74) is 6.54. The molecule has 0 amide bonds. The first kappa shape index (κ1) is 11.7. The maximum atomic E-state index is 3.48. The van der Waals surface area contributed by atoms with Crippen LogP contribution < -0.4 is 5.32 Å². The number of hydrogen-bond acceptors (Lipinski definition) is 1. The lowest BCUT2D eigenvalue weighted by atomic mass is 10.1. The minimum absolute atomic E-state index is 0.881. The van der Waals surface area contributed by atoms with Crippen LogP contribution in [0.3, 0.4) is 0 Å². The Balaban J connectivity index is 2.08. The lowest BCUT2D eigenvalue weighted by Crippen LogP contribution is -2.01. The fraction of sp³-hybridized carbons (Fsp3) is 0.250. The Labute approximate surface area is 103 Å². The maximum absolute atomic E-state index is 3.48. The van der Waals surface area contributed by atoms with Crippen molar-refractivity contribution < 1.29 is 0 Å². The first-order chi connectivity index (χ1) is 8.16. The molecule has 0 saturated heterocycles. The van der Waals surface area contributed by atoms with Crippen molar-refractivity contribution in [2.24, 2.45) is 0 Å². The molecule has 0 aromatic heterocycles.